The molecule has 1 aromatic rings. The van der Waals surface area contributed by atoms with Crippen molar-refractivity contribution >= 4 is 5.69 Å². The first-order chi connectivity index (χ1) is 11.1. The smallest absolute Gasteiger partial charge is 0.119 e. The van der Waals surface area contributed by atoms with Crippen molar-refractivity contribution in [2.24, 2.45) is 5.92 Å². The molecule has 1 fully saturated rings. The molecule has 0 saturated carbocycles. The van der Waals surface area contributed by atoms with E-state index < -0.39 is 6.10 Å². The Morgan fingerprint density at radius 3 is 2.70 bits per heavy atom. The van der Waals surface area contributed by atoms with Crippen LogP contribution in [0.3, 0.4) is 0 Å². The molecule has 0 radical (unpaired) electrons. The van der Waals surface area contributed by atoms with E-state index in [1.807, 2.05) is 25.1 Å². The molecule has 1 heterocycles. The zero-order valence-electron chi connectivity index (χ0n) is 14.1. The van der Waals surface area contributed by atoms with Gasteiger partial charge in [0.05, 0.1) is 25.2 Å². The number of β-amino-alcohol motifs (C(OH)–C–C–N with tert-alkyl or cyclic N) is 1. The van der Waals surface area contributed by atoms with Crippen molar-refractivity contribution in [3.63, 3.8) is 0 Å². The monoisotopic (exact) mass is 317 g/mol. The fraction of sp³-hybridized carbons (Fsp3) is 0.611. The highest BCUT2D eigenvalue weighted by Crippen LogP contribution is 2.22. The molecular formula is C18H27N3O2. The van der Waals surface area contributed by atoms with Gasteiger partial charge in [-0.3, -0.25) is 4.90 Å². The molecule has 0 amide bonds. The number of hydrogen-bond acceptors (Lipinski definition) is 5. The molecule has 0 spiro atoms. The van der Waals surface area contributed by atoms with Crippen molar-refractivity contribution in [2.45, 2.75) is 26.4 Å². The molecule has 2 unspecified atom stereocenters. The van der Waals surface area contributed by atoms with Crippen LogP contribution in [-0.2, 0) is 0 Å². The van der Waals surface area contributed by atoms with Gasteiger partial charge in [-0.15, -0.1) is 0 Å². The van der Waals surface area contributed by atoms with Gasteiger partial charge in [0.2, 0.25) is 0 Å². The number of rotatable bonds is 6. The minimum Gasteiger partial charge on any atom is -0.494 e. The van der Waals surface area contributed by atoms with Crippen molar-refractivity contribution in [3.8, 4) is 11.8 Å². The first-order valence-corrected chi connectivity index (χ1v) is 8.37. The van der Waals surface area contributed by atoms with Crippen LogP contribution in [-0.4, -0.2) is 55.4 Å². The number of nitrogens with zero attached hydrogens (tertiary/aromatic N) is 3. The Hall–Kier alpha value is -1.77. The summed E-state index contributed by atoms with van der Waals surface area (Å²) in [6.45, 7) is 9.26. The van der Waals surface area contributed by atoms with E-state index in [1.54, 1.807) is 0 Å². The Bertz CT molecular complexity index is 512. The molecular weight excluding hydrogens is 290 g/mol. The third-order valence-electron chi connectivity index (χ3n) is 4.10. The summed E-state index contributed by atoms with van der Waals surface area (Å²) in [4.78, 5) is 4.65. The van der Waals surface area contributed by atoms with Gasteiger partial charge in [-0.2, -0.15) is 5.26 Å². The molecule has 126 valence electrons. The largest absolute Gasteiger partial charge is 0.494 e. The van der Waals surface area contributed by atoms with E-state index >= 15 is 0 Å². The van der Waals surface area contributed by atoms with Gasteiger partial charge < -0.3 is 14.7 Å². The molecule has 0 bridgehead atoms. The summed E-state index contributed by atoms with van der Waals surface area (Å²) in [5.74, 6) is 1.42. The summed E-state index contributed by atoms with van der Waals surface area (Å²) in [6.07, 6.45) is -0.350. The highest BCUT2D eigenvalue weighted by molar-refractivity contribution is 5.49. The maximum Gasteiger partial charge on any atom is 0.119 e. The summed E-state index contributed by atoms with van der Waals surface area (Å²) < 4.78 is 5.50. The third-order valence-corrected chi connectivity index (χ3v) is 4.10. The molecule has 1 aliphatic rings. The molecule has 1 N–H and O–H groups in total. The standard InChI is InChI=1S/C18H27N3O2/c1-3-23-18-6-4-16(5-7-18)21-11-10-20(12-15(2)13-21)14-17(22)8-9-19/h4-7,15,17,22H,3,8,10-14H2,1-2H3. The fourth-order valence-corrected chi connectivity index (χ4v) is 3.11. The van der Waals surface area contributed by atoms with Gasteiger partial charge in [0, 0.05) is 38.4 Å². The van der Waals surface area contributed by atoms with Crippen LogP contribution >= 0.6 is 0 Å². The summed E-state index contributed by atoms with van der Waals surface area (Å²) in [6, 6.07) is 10.3. The summed E-state index contributed by atoms with van der Waals surface area (Å²) in [7, 11) is 0. The van der Waals surface area contributed by atoms with E-state index in [-0.39, 0.29) is 6.42 Å². The molecule has 5 nitrogen and oxygen atoms in total. The predicted octanol–water partition coefficient (Wildman–Crippen LogP) is 2.12. The first kappa shape index (κ1) is 17.6. The van der Waals surface area contributed by atoms with Crippen LogP contribution in [0.15, 0.2) is 24.3 Å². The first-order valence-electron chi connectivity index (χ1n) is 8.37. The lowest BCUT2D eigenvalue weighted by molar-refractivity contribution is 0.114. The van der Waals surface area contributed by atoms with Gasteiger partial charge in [0.1, 0.15) is 5.75 Å². The highest BCUT2D eigenvalue weighted by atomic mass is 16.5. The van der Waals surface area contributed by atoms with Crippen molar-refractivity contribution in [1.29, 1.82) is 5.26 Å². The van der Waals surface area contributed by atoms with E-state index in [2.05, 4.69) is 28.9 Å². The van der Waals surface area contributed by atoms with Gasteiger partial charge >= 0.3 is 0 Å². The van der Waals surface area contributed by atoms with E-state index in [0.29, 0.717) is 19.1 Å². The Morgan fingerprint density at radius 2 is 2.04 bits per heavy atom. The van der Waals surface area contributed by atoms with Crippen LogP contribution in [0, 0.1) is 17.2 Å². The van der Waals surface area contributed by atoms with Crippen LogP contribution in [0.25, 0.3) is 0 Å². The van der Waals surface area contributed by atoms with E-state index in [4.69, 9.17) is 10.00 Å². The minimum atomic E-state index is -0.552. The van der Waals surface area contributed by atoms with Crippen LogP contribution in [0.1, 0.15) is 20.3 Å². The lowest BCUT2D eigenvalue weighted by atomic mass is 10.1. The molecule has 0 aliphatic carbocycles. The lowest BCUT2D eigenvalue weighted by Crippen LogP contribution is -2.36. The molecule has 23 heavy (non-hydrogen) atoms. The summed E-state index contributed by atoms with van der Waals surface area (Å²) in [5, 5.41) is 18.5. The SMILES string of the molecule is CCOc1ccc(N2CCN(CC(O)CC#N)CC(C)C2)cc1. The van der Waals surface area contributed by atoms with E-state index in [0.717, 1.165) is 31.9 Å². The number of nitriles is 1. The molecule has 2 rings (SSSR count). The zero-order chi connectivity index (χ0) is 16.7. The Labute approximate surface area is 139 Å². The Morgan fingerprint density at radius 1 is 1.30 bits per heavy atom. The molecule has 0 aromatic heterocycles. The second kappa shape index (κ2) is 8.76. The van der Waals surface area contributed by atoms with Crippen LogP contribution in [0.4, 0.5) is 5.69 Å². The summed E-state index contributed by atoms with van der Waals surface area (Å²) in [5.41, 5.74) is 1.21. The third kappa shape index (κ3) is 5.42. The lowest BCUT2D eigenvalue weighted by Gasteiger charge is -2.24. The van der Waals surface area contributed by atoms with Gasteiger partial charge in [-0.1, -0.05) is 6.92 Å². The minimum absolute atomic E-state index is 0.202. The van der Waals surface area contributed by atoms with Crippen LogP contribution in [0.2, 0.25) is 0 Å². The second-order valence-electron chi connectivity index (χ2n) is 6.25. The molecule has 2 atom stereocenters. The van der Waals surface area contributed by atoms with Crippen molar-refractivity contribution in [1.82, 2.24) is 4.90 Å². The Balaban J connectivity index is 1.96. The second-order valence-corrected chi connectivity index (χ2v) is 6.25. The number of aliphatic hydroxyl groups is 1. The summed E-state index contributed by atoms with van der Waals surface area (Å²) >= 11 is 0. The maximum atomic E-state index is 9.85. The Kier molecular flexibility index (Phi) is 6.69. The topological polar surface area (TPSA) is 59.7 Å². The van der Waals surface area contributed by atoms with Crippen LogP contribution < -0.4 is 9.64 Å². The van der Waals surface area contributed by atoms with Crippen molar-refractivity contribution in [2.75, 3.05) is 44.2 Å². The number of benzene rings is 1. The molecule has 1 aliphatic heterocycles. The number of hydrogen-bond donors (Lipinski definition) is 1. The van der Waals surface area contributed by atoms with Crippen molar-refractivity contribution in [3.05, 3.63) is 24.3 Å². The van der Waals surface area contributed by atoms with Crippen LogP contribution in [0.5, 0.6) is 5.75 Å². The maximum absolute atomic E-state index is 9.85. The quantitative estimate of drug-likeness (QED) is 0.871. The van der Waals surface area contributed by atoms with Gasteiger partial charge in [-0.05, 0) is 37.1 Å². The highest BCUT2D eigenvalue weighted by Gasteiger charge is 2.21. The predicted molar refractivity (Wildman–Crippen MR) is 91.7 cm³/mol. The molecule has 1 saturated heterocycles. The average molecular weight is 317 g/mol. The molecule has 1 aromatic carbocycles. The number of aliphatic hydroxyl groups excluding tert-OH is 1. The van der Waals surface area contributed by atoms with Gasteiger partial charge in [-0.25, -0.2) is 0 Å². The average Bonchev–Trinajstić information content (AvgIpc) is 2.70. The number of anilines is 1. The zero-order valence-corrected chi connectivity index (χ0v) is 14.1. The van der Waals surface area contributed by atoms with Gasteiger partial charge in [0.25, 0.3) is 0 Å². The molecule has 5 heteroatoms. The van der Waals surface area contributed by atoms with E-state index in [9.17, 15) is 5.11 Å². The fourth-order valence-electron chi connectivity index (χ4n) is 3.11. The van der Waals surface area contributed by atoms with Gasteiger partial charge in [0.15, 0.2) is 0 Å². The van der Waals surface area contributed by atoms with E-state index in [1.165, 1.54) is 5.69 Å². The van der Waals surface area contributed by atoms with Crippen molar-refractivity contribution < 1.29 is 9.84 Å². The normalized spacial score (nSPS) is 20.6. The number of ether oxygens (including phenoxy) is 1.